The van der Waals surface area contributed by atoms with Crippen LogP contribution in [0.4, 0.5) is 0 Å². The first-order chi connectivity index (χ1) is 25.3. The molecule has 0 saturated carbocycles. The van der Waals surface area contributed by atoms with Crippen LogP contribution in [-0.4, -0.2) is 4.98 Å². The molecule has 1 aliphatic carbocycles. The molecule has 3 heterocycles. The minimum absolute atomic E-state index is 0.455. The molecule has 238 valence electrons. The van der Waals surface area contributed by atoms with Gasteiger partial charge in [-0.25, -0.2) is 4.98 Å². The second-order valence-corrected chi connectivity index (χ2v) is 14.4. The summed E-state index contributed by atoms with van der Waals surface area (Å²) in [5.41, 5.74) is 15.5. The Hall–Kier alpha value is -6.16. The number of nitrogens with zero attached hydrogens (tertiary/aromatic N) is 1. The number of rotatable bonds is 3. The Bertz CT molecular complexity index is 2730. The Morgan fingerprint density at radius 1 is 0.412 bits per heavy atom. The second kappa shape index (κ2) is 10.9. The predicted octanol–water partition coefficient (Wildman–Crippen LogP) is 12.8. The largest absolute Gasteiger partial charge is 0.456 e. The molecule has 0 amide bonds. The topological polar surface area (TPSA) is 26.0 Å². The Morgan fingerprint density at radius 3 is 1.75 bits per heavy atom. The first kappa shape index (κ1) is 28.7. The van der Waals surface area contributed by atoms with Gasteiger partial charge in [0.25, 0.3) is 0 Å². The normalized spacial score (nSPS) is 13.6. The number of furan rings is 1. The zero-order valence-corrected chi connectivity index (χ0v) is 28.3. The van der Waals surface area contributed by atoms with Gasteiger partial charge in [0.05, 0.1) is 16.8 Å². The van der Waals surface area contributed by atoms with E-state index in [1.54, 1.807) is 0 Å². The summed E-state index contributed by atoms with van der Waals surface area (Å²) in [6.07, 6.45) is 0. The van der Waals surface area contributed by atoms with Crippen LogP contribution in [0.5, 0.6) is 0 Å². The molecule has 0 saturated heterocycles. The van der Waals surface area contributed by atoms with Gasteiger partial charge in [0.1, 0.15) is 11.2 Å². The van der Waals surface area contributed by atoms with E-state index in [4.69, 9.17) is 9.40 Å². The minimum atomic E-state index is -0.455. The van der Waals surface area contributed by atoms with Gasteiger partial charge in [0, 0.05) is 31.7 Å². The zero-order chi connectivity index (χ0) is 33.5. The maximum Gasteiger partial charge on any atom is 0.136 e. The van der Waals surface area contributed by atoms with Gasteiger partial charge in [-0.2, -0.15) is 0 Å². The van der Waals surface area contributed by atoms with Crippen LogP contribution in [0.3, 0.4) is 0 Å². The van der Waals surface area contributed by atoms with Crippen LogP contribution in [-0.2, 0) is 5.41 Å². The van der Waals surface area contributed by atoms with Crippen LogP contribution >= 0.6 is 11.8 Å². The second-order valence-electron chi connectivity index (χ2n) is 13.4. The van der Waals surface area contributed by atoms with Gasteiger partial charge in [0.2, 0.25) is 0 Å². The van der Waals surface area contributed by atoms with E-state index in [0.717, 1.165) is 55.6 Å². The first-order valence-corrected chi connectivity index (χ1v) is 18.2. The molecule has 0 bridgehead atoms. The maximum absolute atomic E-state index is 6.75. The number of fused-ring (bicyclic) bond motifs is 13. The molecular weight excluding hydrogens is 639 g/mol. The number of hydrogen-bond acceptors (Lipinski definition) is 3. The molecule has 3 heteroatoms. The van der Waals surface area contributed by atoms with Crippen molar-refractivity contribution in [2.24, 2.45) is 0 Å². The van der Waals surface area contributed by atoms with E-state index in [9.17, 15) is 0 Å². The average molecular weight is 668 g/mol. The van der Waals surface area contributed by atoms with Crippen LogP contribution < -0.4 is 0 Å². The van der Waals surface area contributed by atoms with Crippen molar-refractivity contribution in [3.8, 4) is 44.8 Å². The lowest BCUT2D eigenvalue weighted by atomic mass is 9.67. The van der Waals surface area contributed by atoms with Crippen LogP contribution in [0.2, 0.25) is 0 Å². The van der Waals surface area contributed by atoms with E-state index in [2.05, 4.69) is 176 Å². The van der Waals surface area contributed by atoms with Crippen LogP contribution in [0.15, 0.2) is 190 Å². The Morgan fingerprint density at radius 2 is 1.00 bits per heavy atom. The van der Waals surface area contributed by atoms with Gasteiger partial charge in [-0.15, -0.1) is 0 Å². The fraction of sp³-hybridized carbons (Fsp3) is 0.0208. The third-order valence-electron chi connectivity index (χ3n) is 10.8. The summed E-state index contributed by atoms with van der Waals surface area (Å²) in [6.45, 7) is 0. The van der Waals surface area contributed by atoms with E-state index >= 15 is 0 Å². The third kappa shape index (κ3) is 4.04. The fourth-order valence-electron chi connectivity index (χ4n) is 8.65. The molecule has 51 heavy (non-hydrogen) atoms. The highest BCUT2D eigenvalue weighted by molar-refractivity contribution is 7.99. The average Bonchev–Trinajstić information content (AvgIpc) is 3.73. The number of benzene rings is 7. The number of aromatic nitrogens is 1. The van der Waals surface area contributed by atoms with E-state index < -0.39 is 5.41 Å². The van der Waals surface area contributed by atoms with Crippen molar-refractivity contribution in [1.82, 2.24) is 4.98 Å². The summed E-state index contributed by atoms with van der Waals surface area (Å²) in [5, 5.41) is 2.25. The highest BCUT2D eigenvalue weighted by Gasteiger charge is 2.50. The molecule has 0 atom stereocenters. The van der Waals surface area contributed by atoms with Crippen LogP contribution in [0, 0.1) is 0 Å². The lowest BCUT2D eigenvalue weighted by Crippen LogP contribution is -2.32. The van der Waals surface area contributed by atoms with E-state index in [-0.39, 0.29) is 0 Å². The lowest BCUT2D eigenvalue weighted by molar-refractivity contribution is 0.666. The van der Waals surface area contributed by atoms with Gasteiger partial charge < -0.3 is 4.42 Å². The Kier molecular flexibility index (Phi) is 6.14. The highest BCUT2D eigenvalue weighted by atomic mass is 32.2. The summed E-state index contributed by atoms with van der Waals surface area (Å²) in [6, 6.07) is 63.3. The van der Waals surface area contributed by atoms with Crippen LogP contribution in [0.25, 0.3) is 66.7 Å². The molecule has 0 unspecified atom stereocenters. The summed E-state index contributed by atoms with van der Waals surface area (Å²) in [5.74, 6) is 0. The predicted molar refractivity (Wildman–Crippen MR) is 209 cm³/mol. The summed E-state index contributed by atoms with van der Waals surface area (Å²) in [4.78, 5) is 7.88. The van der Waals surface area contributed by atoms with Crippen LogP contribution in [0.1, 0.15) is 22.3 Å². The minimum Gasteiger partial charge on any atom is -0.456 e. The molecule has 2 aliphatic rings. The number of hydrogen-bond donors (Lipinski definition) is 0. The molecule has 9 aromatic rings. The molecule has 2 aromatic heterocycles. The lowest BCUT2D eigenvalue weighted by Gasteiger charge is -2.39. The number of pyridine rings is 1. The molecule has 7 aromatic carbocycles. The van der Waals surface area contributed by atoms with Crippen molar-refractivity contribution in [2.45, 2.75) is 15.2 Å². The van der Waals surface area contributed by atoms with Crippen molar-refractivity contribution in [1.29, 1.82) is 0 Å². The highest BCUT2D eigenvalue weighted by Crippen LogP contribution is 2.63. The Balaban J connectivity index is 1.24. The monoisotopic (exact) mass is 667 g/mol. The molecule has 2 nitrogen and oxygen atoms in total. The van der Waals surface area contributed by atoms with E-state index in [1.807, 2.05) is 11.8 Å². The van der Waals surface area contributed by atoms with Gasteiger partial charge in [-0.05, 0) is 74.8 Å². The van der Waals surface area contributed by atoms with Gasteiger partial charge in [-0.3, -0.25) is 0 Å². The molecule has 1 spiro atoms. The van der Waals surface area contributed by atoms with Gasteiger partial charge in [0.15, 0.2) is 0 Å². The molecule has 1 aliphatic heterocycles. The quantitative estimate of drug-likeness (QED) is 0.188. The van der Waals surface area contributed by atoms with Crippen molar-refractivity contribution in [3.05, 3.63) is 198 Å². The van der Waals surface area contributed by atoms with Crippen molar-refractivity contribution < 1.29 is 4.42 Å². The molecule has 0 radical (unpaired) electrons. The standard InChI is InChI=1S/C48H29NOS/c1-3-14-30(15-4-1)32-28-40(31-16-5-2-6-17-31)49-41(29-32)35-20-13-24-42-45(35)46-43(50-42)27-26-39-47(46)51-44-25-12-11-23-38(44)48(39)36-21-9-7-18-33(36)34-19-8-10-22-37(34)48/h1-29H. The van der Waals surface area contributed by atoms with E-state index in [1.165, 1.54) is 43.2 Å². The summed E-state index contributed by atoms with van der Waals surface area (Å²) < 4.78 is 6.75. The SMILES string of the molecule is c1ccc(-c2cc(-c3ccccc3)nc(-c3cccc4oc5ccc6c(c5c34)Sc3ccccc3C63c4ccccc4-c4ccccc43)c2)cc1. The zero-order valence-electron chi connectivity index (χ0n) is 27.5. The molecular formula is C48H29NOS. The van der Waals surface area contributed by atoms with E-state index in [0.29, 0.717) is 0 Å². The van der Waals surface area contributed by atoms with Gasteiger partial charge >= 0.3 is 0 Å². The summed E-state index contributed by atoms with van der Waals surface area (Å²) in [7, 11) is 0. The van der Waals surface area contributed by atoms with Crippen molar-refractivity contribution in [2.75, 3.05) is 0 Å². The molecule has 0 fully saturated rings. The smallest absolute Gasteiger partial charge is 0.136 e. The fourth-order valence-corrected chi connectivity index (χ4v) is 9.99. The van der Waals surface area contributed by atoms with Crippen molar-refractivity contribution in [3.63, 3.8) is 0 Å². The van der Waals surface area contributed by atoms with Gasteiger partial charge in [-0.1, -0.05) is 157 Å². The third-order valence-corrected chi connectivity index (χ3v) is 12.0. The van der Waals surface area contributed by atoms with Crippen molar-refractivity contribution >= 4 is 33.7 Å². The summed E-state index contributed by atoms with van der Waals surface area (Å²) >= 11 is 1.87. The molecule has 0 N–H and O–H groups in total. The Labute approximate surface area is 300 Å². The maximum atomic E-state index is 6.75. The molecule has 11 rings (SSSR count). The first-order valence-electron chi connectivity index (χ1n) is 17.4.